The highest BCUT2D eigenvalue weighted by Crippen LogP contribution is 2.24. The number of ether oxygens (including phenoxy) is 1. The van der Waals surface area contributed by atoms with Crippen molar-refractivity contribution in [2.45, 2.75) is 6.92 Å². The van der Waals surface area contributed by atoms with E-state index in [-0.39, 0.29) is 6.03 Å². The topological polar surface area (TPSA) is 92.3 Å². The smallest absolute Gasteiger partial charge is 0.323 e. The summed E-state index contributed by atoms with van der Waals surface area (Å²) in [6.07, 6.45) is 3.42. The van der Waals surface area contributed by atoms with Crippen LogP contribution in [0.1, 0.15) is 5.56 Å². The number of carbonyl (C=O) groups excluding carboxylic acids is 1. The lowest BCUT2D eigenvalue weighted by Gasteiger charge is -2.29. The molecule has 9 heteroatoms. The minimum atomic E-state index is -0.340. The second-order valence-electron chi connectivity index (χ2n) is 6.83. The maximum atomic E-state index is 12.2. The molecule has 1 aliphatic rings. The molecule has 8 nitrogen and oxygen atoms in total. The number of nitrogens with one attached hydrogen (secondary N) is 2. The van der Waals surface area contributed by atoms with Crippen molar-refractivity contribution in [1.82, 2.24) is 15.0 Å². The van der Waals surface area contributed by atoms with Gasteiger partial charge in [-0.1, -0.05) is 0 Å². The molecule has 154 valence electrons. The molecule has 0 aliphatic carbocycles. The first-order valence-corrected chi connectivity index (χ1v) is 10.3. The molecule has 0 atom stereocenters. The fraction of sp³-hybridized carbons (Fsp3) is 0.238. The van der Waals surface area contributed by atoms with Gasteiger partial charge in [-0.3, -0.25) is 0 Å². The SMILES string of the molecule is Cc1cnc(-c2ccc(NC(=O)Nc3ccc(Br)nc3)cc2)nc1N1CCOCC1. The lowest BCUT2D eigenvalue weighted by atomic mass is 10.2. The molecule has 30 heavy (non-hydrogen) atoms. The summed E-state index contributed by atoms with van der Waals surface area (Å²) in [6, 6.07) is 10.6. The summed E-state index contributed by atoms with van der Waals surface area (Å²) in [4.78, 5) is 27.7. The van der Waals surface area contributed by atoms with Crippen LogP contribution in [0.3, 0.4) is 0 Å². The van der Waals surface area contributed by atoms with Gasteiger partial charge in [0.1, 0.15) is 10.4 Å². The number of pyridine rings is 1. The highest BCUT2D eigenvalue weighted by atomic mass is 79.9. The summed E-state index contributed by atoms with van der Waals surface area (Å²) in [7, 11) is 0. The summed E-state index contributed by atoms with van der Waals surface area (Å²) in [5, 5.41) is 5.54. The molecule has 3 aromatic rings. The third-order valence-corrected chi connectivity index (χ3v) is 5.11. The van der Waals surface area contributed by atoms with E-state index in [9.17, 15) is 4.79 Å². The van der Waals surface area contributed by atoms with Gasteiger partial charge in [-0.25, -0.2) is 19.7 Å². The summed E-state index contributed by atoms with van der Waals surface area (Å²) >= 11 is 3.26. The van der Waals surface area contributed by atoms with Crippen molar-refractivity contribution in [3.8, 4) is 11.4 Å². The van der Waals surface area contributed by atoms with Crippen LogP contribution >= 0.6 is 15.9 Å². The van der Waals surface area contributed by atoms with Gasteiger partial charge in [-0.15, -0.1) is 0 Å². The van der Waals surface area contributed by atoms with Crippen LogP contribution < -0.4 is 15.5 Å². The fourth-order valence-corrected chi connectivity index (χ4v) is 3.35. The van der Waals surface area contributed by atoms with Gasteiger partial charge in [0.05, 0.1) is 25.1 Å². The van der Waals surface area contributed by atoms with E-state index in [0.717, 1.165) is 30.0 Å². The Morgan fingerprint density at radius 1 is 1.00 bits per heavy atom. The van der Waals surface area contributed by atoms with Crippen molar-refractivity contribution in [1.29, 1.82) is 0 Å². The molecule has 3 heterocycles. The first-order chi connectivity index (χ1) is 14.6. The highest BCUT2D eigenvalue weighted by Gasteiger charge is 2.16. The summed E-state index contributed by atoms with van der Waals surface area (Å²) in [5.41, 5.74) is 3.20. The summed E-state index contributed by atoms with van der Waals surface area (Å²) in [5.74, 6) is 1.59. The minimum absolute atomic E-state index is 0.340. The second-order valence-corrected chi connectivity index (χ2v) is 7.64. The van der Waals surface area contributed by atoms with E-state index in [2.05, 4.69) is 41.4 Å². The predicted octanol–water partition coefficient (Wildman–Crippen LogP) is 4.09. The molecule has 2 aromatic heterocycles. The summed E-state index contributed by atoms with van der Waals surface area (Å²) in [6.45, 7) is 5.07. The second kappa shape index (κ2) is 9.19. The predicted molar refractivity (Wildman–Crippen MR) is 120 cm³/mol. The zero-order valence-electron chi connectivity index (χ0n) is 16.4. The Morgan fingerprint density at radius 2 is 1.70 bits per heavy atom. The Hall–Kier alpha value is -3.04. The minimum Gasteiger partial charge on any atom is -0.378 e. The number of amides is 2. The van der Waals surface area contributed by atoms with Gasteiger partial charge >= 0.3 is 6.03 Å². The van der Waals surface area contributed by atoms with Gasteiger partial charge in [0.2, 0.25) is 0 Å². The van der Waals surface area contributed by atoms with Crippen LogP contribution in [0.2, 0.25) is 0 Å². The van der Waals surface area contributed by atoms with Crippen LogP contribution in [0.15, 0.2) is 53.4 Å². The third-order valence-electron chi connectivity index (χ3n) is 4.64. The summed E-state index contributed by atoms with van der Waals surface area (Å²) < 4.78 is 6.14. The average Bonchev–Trinajstić information content (AvgIpc) is 2.77. The molecule has 0 radical (unpaired) electrons. The Morgan fingerprint density at radius 3 is 2.40 bits per heavy atom. The van der Waals surface area contributed by atoms with E-state index < -0.39 is 0 Å². The van der Waals surface area contributed by atoms with E-state index in [1.807, 2.05) is 37.4 Å². The molecule has 0 spiro atoms. The number of urea groups is 1. The molecule has 0 unspecified atom stereocenters. The largest absolute Gasteiger partial charge is 0.378 e. The van der Waals surface area contributed by atoms with Crippen molar-refractivity contribution in [3.05, 3.63) is 59.0 Å². The lowest BCUT2D eigenvalue weighted by molar-refractivity contribution is 0.122. The van der Waals surface area contributed by atoms with Crippen LogP contribution in [0, 0.1) is 6.92 Å². The zero-order chi connectivity index (χ0) is 20.9. The Labute approximate surface area is 182 Å². The number of rotatable bonds is 4. The van der Waals surface area contributed by atoms with Crippen molar-refractivity contribution in [2.75, 3.05) is 41.8 Å². The maximum absolute atomic E-state index is 12.2. The van der Waals surface area contributed by atoms with E-state index >= 15 is 0 Å². The number of carbonyl (C=O) groups is 1. The van der Waals surface area contributed by atoms with Gasteiger partial charge < -0.3 is 20.3 Å². The van der Waals surface area contributed by atoms with Crippen LogP contribution in [-0.2, 0) is 4.74 Å². The molecule has 0 bridgehead atoms. The Bertz CT molecular complexity index is 1020. The average molecular weight is 469 g/mol. The van der Waals surface area contributed by atoms with Crippen molar-refractivity contribution in [3.63, 3.8) is 0 Å². The van der Waals surface area contributed by atoms with E-state index in [1.165, 1.54) is 0 Å². The molecule has 2 amide bonds. The number of benzene rings is 1. The van der Waals surface area contributed by atoms with Gasteiger partial charge in [-0.2, -0.15) is 0 Å². The normalized spacial score (nSPS) is 13.7. The van der Waals surface area contributed by atoms with Crippen LogP contribution in [0.5, 0.6) is 0 Å². The van der Waals surface area contributed by atoms with Crippen LogP contribution in [-0.4, -0.2) is 47.3 Å². The monoisotopic (exact) mass is 468 g/mol. The molecule has 1 fully saturated rings. The maximum Gasteiger partial charge on any atom is 0.323 e. The first kappa shape index (κ1) is 20.2. The van der Waals surface area contributed by atoms with Crippen molar-refractivity contribution in [2.24, 2.45) is 0 Å². The molecule has 2 N–H and O–H groups in total. The zero-order valence-corrected chi connectivity index (χ0v) is 18.0. The fourth-order valence-electron chi connectivity index (χ4n) is 3.11. The third kappa shape index (κ3) is 4.92. The van der Waals surface area contributed by atoms with E-state index in [4.69, 9.17) is 9.72 Å². The lowest BCUT2D eigenvalue weighted by Crippen LogP contribution is -2.37. The quantitative estimate of drug-likeness (QED) is 0.560. The van der Waals surface area contributed by atoms with Gasteiger partial charge in [0, 0.05) is 36.1 Å². The molecule has 1 saturated heterocycles. The molecule has 1 aliphatic heterocycles. The van der Waals surface area contributed by atoms with Crippen LogP contribution in [0.25, 0.3) is 11.4 Å². The molecule has 4 rings (SSSR count). The number of aromatic nitrogens is 3. The number of hydrogen-bond donors (Lipinski definition) is 2. The number of hydrogen-bond acceptors (Lipinski definition) is 6. The molecular formula is C21H21BrN6O2. The van der Waals surface area contributed by atoms with Crippen molar-refractivity contribution >= 4 is 39.2 Å². The molecular weight excluding hydrogens is 448 g/mol. The van der Waals surface area contributed by atoms with Gasteiger partial charge in [0.15, 0.2) is 5.82 Å². The van der Waals surface area contributed by atoms with Gasteiger partial charge in [0.25, 0.3) is 0 Å². The number of morpholine rings is 1. The number of nitrogens with zero attached hydrogens (tertiary/aromatic N) is 4. The first-order valence-electron chi connectivity index (χ1n) is 9.55. The van der Waals surface area contributed by atoms with Crippen LogP contribution in [0.4, 0.5) is 22.0 Å². The highest BCUT2D eigenvalue weighted by molar-refractivity contribution is 9.10. The standard InChI is InChI=1S/C21H21BrN6O2/c1-14-12-24-19(27-20(14)28-8-10-30-11-9-28)15-2-4-16(5-3-15)25-21(29)26-17-6-7-18(22)23-13-17/h2-7,12-13H,8-11H2,1H3,(H2,25,26,29). The number of aryl methyl sites for hydroxylation is 1. The van der Waals surface area contributed by atoms with Crippen molar-refractivity contribution < 1.29 is 9.53 Å². The number of halogens is 1. The van der Waals surface area contributed by atoms with E-state index in [0.29, 0.717) is 35.0 Å². The Balaban J connectivity index is 1.44. The number of anilines is 3. The molecule has 1 aromatic carbocycles. The molecule has 0 saturated carbocycles. The van der Waals surface area contributed by atoms with Gasteiger partial charge in [-0.05, 0) is 59.3 Å². The Kier molecular flexibility index (Phi) is 6.20. The van der Waals surface area contributed by atoms with E-state index in [1.54, 1.807) is 18.3 Å².